The van der Waals surface area contributed by atoms with Crippen molar-refractivity contribution in [3.05, 3.63) is 100 Å². The minimum absolute atomic E-state index is 0.138. The average molecular weight is 360 g/mol. The summed E-state index contributed by atoms with van der Waals surface area (Å²) in [7, 11) is 0. The molecule has 5 rings (SSSR count). The summed E-state index contributed by atoms with van der Waals surface area (Å²) < 4.78 is 0. The Morgan fingerprint density at radius 1 is 0.885 bits per heavy atom. The lowest BCUT2D eigenvalue weighted by Gasteiger charge is -2.36. The first kappa shape index (κ1) is 15.7. The second kappa shape index (κ2) is 6.00. The van der Waals surface area contributed by atoms with Gasteiger partial charge in [0.05, 0.1) is 6.04 Å². The van der Waals surface area contributed by atoms with Crippen molar-refractivity contribution < 1.29 is 4.79 Å². The Labute approximate surface area is 157 Å². The number of hydrogen-bond acceptors (Lipinski definition) is 2. The summed E-state index contributed by atoms with van der Waals surface area (Å²) in [5.74, 6) is 0.634. The molecule has 0 fully saturated rings. The fraction of sp³-hybridized carbons (Fsp3) is 0.174. The minimum atomic E-state index is -0.233. The Bertz CT molecular complexity index is 995. The van der Waals surface area contributed by atoms with E-state index >= 15 is 0 Å². The van der Waals surface area contributed by atoms with Crippen LogP contribution in [0.5, 0.6) is 0 Å². The fourth-order valence-corrected chi connectivity index (χ4v) is 4.69. The van der Waals surface area contributed by atoms with Crippen LogP contribution in [0.25, 0.3) is 0 Å². The molecule has 0 amide bonds. The molecule has 0 unspecified atom stereocenters. The second-order valence-corrected chi connectivity index (χ2v) is 7.56. The number of carbonyl (C=O) groups excluding carboxylic acids is 1. The number of ketones is 1. The Morgan fingerprint density at radius 3 is 2.38 bits per heavy atom. The van der Waals surface area contributed by atoms with Crippen molar-refractivity contribution in [1.82, 2.24) is 0 Å². The molecule has 26 heavy (non-hydrogen) atoms. The molecule has 3 heteroatoms. The first-order valence-electron chi connectivity index (χ1n) is 8.95. The van der Waals surface area contributed by atoms with E-state index < -0.39 is 0 Å². The zero-order chi connectivity index (χ0) is 17.7. The van der Waals surface area contributed by atoms with E-state index in [1.165, 1.54) is 16.7 Å². The van der Waals surface area contributed by atoms with Gasteiger partial charge >= 0.3 is 0 Å². The van der Waals surface area contributed by atoms with Crippen molar-refractivity contribution in [2.45, 2.75) is 18.4 Å². The maximum absolute atomic E-state index is 13.3. The van der Waals surface area contributed by atoms with E-state index in [0.717, 1.165) is 12.1 Å². The topological polar surface area (TPSA) is 29.1 Å². The first-order chi connectivity index (χ1) is 12.7. The van der Waals surface area contributed by atoms with Crippen molar-refractivity contribution in [3.63, 3.8) is 0 Å². The van der Waals surface area contributed by atoms with Crippen molar-refractivity contribution in [1.29, 1.82) is 0 Å². The van der Waals surface area contributed by atoms with Crippen LogP contribution in [-0.2, 0) is 6.42 Å². The molecule has 3 aromatic carbocycles. The summed E-state index contributed by atoms with van der Waals surface area (Å²) in [6.45, 7) is 0. The molecule has 3 atom stereocenters. The molecule has 0 saturated heterocycles. The lowest BCUT2D eigenvalue weighted by molar-refractivity contribution is 0.0938. The third-order valence-corrected chi connectivity index (χ3v) is 5.97. The zero-order valence-corrected chi connectivity index (χ0v) is 14.9. The van der Waals surface area contributed by atoms with Crippen molar-refractivity contribution in [2.24, 2.45) is 5.92 Å². The van der Waals surface area contributed by atoms with Crippen LogP contribution >= 0.6 is 11.6 Å². The number of benzene rings is 3. The summed E-state index contributed by atoms with van der Waals surface area (Å²) >= 11 is 5.99. The second-order valence-electron chi connectivity index (χ2n) is 7.12. The number of para-hydroxylation sites is 1. The quantitative estimate of drug-likeness (QED) is 0.627. The number of carbonyl (C=O) groups is 1. The number of hydrogen-bond donors (Lipinski definition) is 1. The summed E-state index contributed by atoms with van der Waals surface area (Å²) in [5.41, 5.74) is 5.79. The van der Waals surface area contributed by atoms with Crippen LogP contribution < -0.4 is 5.32 Å². The molecule has 0 aromatic heterocycles. The average Bonchev–Trinajstić information content (AvgIpc) is 3.07. The molecular weight excluding hydrogens is 342 g/mol. The highest BCUT2D eigenvalue weighted by Gasteiger charge is 2.45. The van der Waals surface area contributed by atoms with Crippen LogP contribution in [0.1, 0.15) is 33.0 Å². The van der Waals surface area contributed by atoms with Crippen molar-refractivity contribution in [3.8, 4) is 0 Å². The first-order valence-corrected chi connectivity index (χ1v) is 9.33. The van der Waals surface area contributed by atoms with Crippen molar-refractivity contribution in [2.75, 3.05) is 5.32 Å². The van der Waals surface area contributed by atoms with Crippen LogP contribution in [-0.4, -0.2) is 11.8 Å². The van der Waals surface area contributed by atoms with Crippen LogP contribution in [0.3, 0.4) is 0 Å². The van der Waals surface area contributed by atoms with Gasteiger partial charge in [0.15, 0.2) is 5.78 Å². The third kappa shape index (κ3) is 2.37. The molecule has 2 aliphatic rings. The lowest BCUT2D eigenvalue weighted by Crippen LogP contribution is -2.42. The molecule has 128 valence electrons. The Balaban J connectivity index is 1.61. The maximum Gasteiger partial charge on any atom is 0.185 e. The molecule has 0 spiro atoms. The maximum atomic E-state index is 13.3. The van der Waals surface area contributed by atoms with Gasteiger partial charge in [-0.1, -0.05) is 54.1 Å². The Morgan fingerprint density at radius 2 is 1.58 bits per heavy atom. The van der Waals surface area contributed by atoms with E-state index in [0.29, 0.717) is 10.6 Å². The number of rotatable bonds is 2. The zero-order valence-electron chi connectivity index (χ0n) is 14.2. The van der Waals surface area contributed by atoms with E-state index in [1.807, 2.05) is 18.2 Å². The number of anilines is 1. The summed E-state index contributed by atoms with van der Waals surface area (Å²) in [5, 5.41) is 4.18. The van der Waals surface area contributed by atoms with Crippen LogP contribution in [0.4, 0.5) is 5.69 Å². The lowest BCUT2D eigenvalue weighted by atomic mass is 9.75. The molecule has 1 aliphatic heterocycles. The Hall–Kier alpha value is -2.58. The SMILES string of the molecule is O=C(c1ccc(Cl)cc1)[C@@H]1Nc2ccccc2[C@@H]2c3ccccc3C[C@@H]21. The van der Waals surface area contributed by atoms with Crippen molar-refractivity contribution >= 4 is 23.1 Å². The van der Waals surface area contributed by atoms with Gasteiger partial charge in [-0.3, -0.25) is 4.79 Å². The number of fused-ring (bicyclic) bond motifs is 5. The van der Waals surface area contributed by atoms with Crippen LogP contribution in [0, 0.1) is 5.92 Å². The molecule has 1 N–H and O–H groups in total. The fourth-order valence-electron chi connectivity index (χ4n) is 4.56. The molecule has 0 bridgehead atoms. The Kier molecular flexibility index (Phi) is 3.61. The van der Waals surface area contributed by atoms with Gasteiger partial charge < -0.3 is 5.32 Å². The van der Waals surface area contributed by atoms with Gasteiger partial charge in [0.1, 0.15) is 0 Å². The van der Waals surface area contributed by atoms with Gasteiger partial charge in [-0.2, -0.15) is 0 Å². The van der Waals surface area contributed by atoms with Gasteiger partial charge in [0, 0.05) is 28.1 Å². The van der Waals surface area contributed by atoms with Gasteiger partial charge in [0.25, 0.3) is 0 Å². The third-order valence-electron chi connectivity index (χ3n) is 5.72. The van der Waals surface area contributed by atoms with Gasteiger partial charge in [-0.25, -0.2) is 0 Å². The highest BCUT2D eigenvalue weighted by atomic mass is 35.5. The standard InChI is InChI=1S/C23H18ClNO/c24-16-11-9-14(10-12-16)23(26)22-19-13-15-5-1-2-6-17(15)21(19)18-7-3-4-8-20(18)25-22/h1-12,19,21-22,25H,13H2/t19-,21-,22+/m0/s1. The molecule has 3 aromatic rings. The summed E-state index contributed by atoms with van der Waals surface area (Å²) in [6, 6.07) is 24.0. The van der Waals surface area contributed by atoms with Gasteiger partial charge in [0.2, 0.25) is 0 Å². The molecule has 1 heterocycles. The van der Waals surface area contributed by atoms with Gasteiger partial charge in [-0.15, -0.1) is 0 Å². The summed E-state index contributed by atoms with van der Waals surface area (Å²) in [6.07, 6.45) is 0.923. The largest absolute Gasteiger partial charge is 0.374 e. The van der Waals surface area contributed by atoms with E-state index in [9.17, 15) is 4.79 Å². The monoisotopic (exact) mass is 359 g/mol. The predicted molar refractivity (Wildman–Crippen MR) is 105 cm³/mol. The smallest absolute Gasteiger partial charge is 0.185 e. The minimum Gasteiger partial charge on any atom is -0.374 e. The number of Topliss-reactive ketones (excluding diaryl/α,β-unsaturated/α-hetero) is 1. The van der Waals surface area contributed by atoms with Crippen LogP contribution in [0.2, 0.25) is 5.02 Å². The molecule has 0 saturated carbocycles. The summed E-state index contributed by atoms with van der Waals surface area (Å²) in [4.78, 5) is 13.3. The number of halogens is 1. The van der Waals surface area contributed by atoms with E-state index in [1.54, 1.807) is 12.1 Å². The molecule has 1 aliphatic carbocycles. The molecule has 0 radical (unpaired) electrons. The highest BCUT2D eigenvalue weighted by molar-refractivity contribution is 6.30. The number of nitrogens with one attached hydrogen (secondary N) is 1. The normalized spacial score (nSPS) is 22.7. The molecular formula is C23H18ClNO. The molecule has 2 nitrogen and oxygen atoms in total. The van der Waals surface area contributed by atoms with E-state index in [-0.39, 0.29) is 23.7 Å². The highest BCUT2D eigenvalue weighted by Crippen LogP contribution is 2.50. The van der Waals surface area contributed by atoms with E-state index in [4.69, 9.17) is 11.6 Å². The van der Waals surface area contributed by atoms with E-state index in [2.05, 4.69) is 47.8 Å². The van der Waals surface area contributed by atoms with Gasteiger partial charge in [-0.05, 0) is 53.4 Å². The predicted octanol–water partition coefficient (Wildman–Crippen LogP) is 5.32. The van der Waals surface area contributed by atoms with Crippen LogP contribution in [0.15, 0.2) is 72.8 Å².